The Kier molecular flexibility index (Phi) is 2.21. The summed E-state index contributed by atoms with van der Waals surface area (Å²) in [4.78, 5) is 5.24. The summed E-state index contributed by atoms with van der Waals surface area (Å²) in [5.74, 6) is 0.686. The van der Waals surface area contributed by atoms with Crippen molar-refractivity contribution in [1.29, 1.82) is 0 Å². The van der Waals surface area contributed by atoms with E-state index in [1.807, 2.05) is 0 Å². The first-order valence-electron chi connectivity index (χ1n) is 4.23. The molecule has 1 rings (SSSR count). The zero-order valence-electron chi connectivity index (χ0n) is 7.85. The largest absolute Gasteiger partial charge is 0.389 e. The predicted octanol–water partition coefficient (Wildman–Crippen LogP) is 2.59. The molecule has 0 saturated carbocycles. The summed E-state index contributed by atoms with van der Waals surface area (Å²) in [6, 6.07) is 0. The van der Waals surface area contributed by atoms with Gasteiger partial charge < -0.3 is 4.84 Å². The lowest BCUT2D eigenvalue weighted by molar-refractivity contribution is 0.0123. The average Bonchev–Trinajstić information content (AvgIpc) is 2.08. The van der Waals surface area contributed by atoms with Gasteiger partial charge in [0, 0.05) is 6.42 Å². The minimum absolute atomic E-state index is 0.0514. The number of hydrogen-bond donors (Lipinski definition) is 0. The highest BCUT2D eigenvalue weighted by molar-refractivity contribution is 5.86. The van der Waals surface area contributed by atoms with E-state index in [1.54, 1.807) is 0 Å². The van der Waals surface area contributed by atoms with Gasteiger partial charge in [-0.1, -0.05) is 19.0 Å². The van der Waals surface area contributed by atoms with Crippen LogP contribution in [-0.4, -0.2) is 11.3 Å². The van der Waals surface area contributed by atoms with Crippen LogP contribution in [0.15, 0.2) is 5.16 Å². The number of rotatable bonds is 2. The standard InChI is InChI=1S/C9H17NO/c1-7(2)5-8-6-9(3,4)11-10-8/h7H,5-6H2,1-4H3. The van der Waals surface area contributed by atoms with Crippen LogP contribution in [0.5, 0.6) is 0 Å². The summed E-state index contributed by atoms with van der Waals surface area (Å²) >= 11 is 0. The van der Waals surface area contributed by atoms with Crippen molar-refractivity contribution in [3.63, 3.8) is 0 Å². The van der Waals surface area contributed by atoms with Gasteiger partial charge in [-0.15, -0.1) is 0 Å². The van der Waals surface area contributed by atoms with Gasteiger partial charge in [-0.05, 0) is 26.2 Å². The van der Waals surface area contributed by atoms with Crippen molar-refractivity contribution in [2.75, 3.05) is 0 Å². The predicted molar refractivity (Wildman–Crippen MR) is 46.7 cm³/mol. The maximum atomic E-state index is 5.24. The summed E-state index contributed by atoms with van der Waals surface area (Å²) in [5.41, 5.74) is 1.16. The van der Waals surface area contributed by atoms with Crippen LogP contribution in [0.1, 0.15) is 40.5 Å². The van der Waals surface area contributed by atoms with E-state index in [1.165, 1.54) is 5.71 Å². The molecule has 2 heteroatoms. The molecule has 64 valence electrons. The molecular weight excluding hydrogens is 138 g/mol. The summed E-state index contributed by atoms with van der Waals surface area (Å²) < 4.78 is 0. The number of nitrogens with zero attached hydrogens (tertiary/aromatic N) is 1. The molecule has 0 saturated heterocycles. The van der Waals surface area contributed by atoms with Gasteiger partial charge in [-0.2, -0.15) is 0 Å². The fraction of sp³-hybridized carbons (Fsp3) is 0.889. The maximum Gasteiger partial charge on any atom is 0.137 e. The van der Waals surface area contributed by atoms with E-state index in [4.69, 9.17) is 4.84 Å². The summed E-state index contributed by atoms with van der Waals surface area (Å²) in [7, 11) is 0. The topological polar surface area (TPSA) is 21.6 Å². The molecule has 0 amide bonds. The summed E-state index contributed by atoms with van der Waals surface area (Å²) in [5, 5.41) is 4.05. The Morgan fingerprint density at radius 3 is 2.55 bits per heavy atom. The molecule has 0 fully saturated rings. The fourth-order valence-corrected chi connectivity index (χ4v) is 1.32. The van der Waals surface area contributed by atoms with E-state index in [0.29, 0.717) is 5.92 Å². The minimum atomic E-state index is -0.0514. The van der Waals surface area contributed by atoms with Crippen molar-refractivity contribution in [2.45, 2.75) is 46.1 Å². The maximum absolute atomic E-state index is 5.24. The third kappa shape index (κ3) is 2.52. The van der Waals surface area contributed by atoms with E-state index < -0.39 is 0 Å². The zero-order chi connectivity index (χ0) is 8.48. The first-order chi connectivity index (χ1) is 4.99. The molecule has 0 atom stereocenters. The van der Waals surface area contributed by atoms with Crippen molar-refractivity contribution >= 4 is 5.71 Å². The fourth-order valence-electron chi connectivity index (χ4n) is 1.32. The molecule has 0 aromatic heterocycles. The molecule has 1 aliphatic heterocycles. The van der Waals surface area contributed by atoms with Crippen molar-refractivity contribution in [1.82, 2.24) is 0 Å². The number of oxime groups is 1. The quantitative estimate of drug-likeness (QED) is 0.600. The van der Waals surface area contributed by atoms with Gasteiger partial charge in [0.15, 0.2) is 0 Å². The van der Waals surface area contributed by atoms with Crippen LogP contribution in [0.25, 0.3) is 0 Å². The van der Waals surface area contributed by atoms with Gasteiger partial charge in [0.25, 0.3) is 0 Å². The second-order valence-electron chi connectivity index (χ2n) is 4.28. The van der Waals surface area contributed by atoms with Crippen LogP contribution >= 0.6 is 0 Å². The Morgan fingerprint density at radius 1 is 1.55 bits per heavy atom. The SMILES string of the molecule is CC(C)CC1=NOC(C)(C)C1. The Labute approximate surface area is 68.6 Å². The van der Waals surface area contributed by atoms with E-state index in [0.717, 1.165) is 12.8 Å². The highest BCUT2D eigenvalue weighted by Crippen LogP contribution is 2.24. The Hall–Kier alpha value is -0.530. The Balaban J connectivity index is 2.40. The zero-order valence-corrected chi connectivity index (χ0v) is 7.85. The summed E-state index contributed by atoms with van der Waals surface area (Å²) in [6.07, 6.45) is 2.06. The normalized spacial score (nSPS) is 21.7. The highest BCUT2D eigenvalue weighted by Gasteiger charge is 2.28. The van der Waals surface area contributed by atoms with Gasteiger partial charge in [0.1, 0.15) is 5.60 Å². The molecular formula is C9H17NO. The van der Waals surface area contributed by atoms with Crippen molar-refractivity contribution in [2.24, 2.45) is 11.1 Å². The van der Waals surface area contributed by atoms with E-state index >= 15 is 0 Å². The monoisotopic (exact) mass is 155 g/mol. The molecule has 0 N–H and O–H groups in total. The van der Waals surface area contributed by atoms with Crippen LogP contribution in [-0.2, 0) is 4.84 Å². The van der Waals surface area contributed by atoms with Crippen molar-refractivity contribution in [3.8, 4) is 0 Å². The molecule has 0 aliphatic carbocycles. The first-order valence-corrected chi connectivity index (χ1v) is 4.23. The minimum Gasteiger partial charge on any atom is -0.389 e. The second-order valence-corrected chi connectivity index (χ2v) is 4.28. The van der Waals surface area contributed by atoms with E-state index in [9.17, 15) is 0 Å². The van der Waals surface area contributed by atoms with Gasteiger partial charge in [0.2, 0.25) is 0 Å². The lowest BCUT2D eigenvalue weighted by Crippen LogP contribution is -2.19. The smallest absolute Gasteiger partial charge is 0.137 e. The Bertz CT molecular complexity index is 170. The molecule has 1 heterocycles. The van der Waals surface area contributed by atoms with Crippen LogP contribution in [0.4, 0.5) is 0 Å². The molecule has 2 nitrogen and oxygen atoms in total. The van der Waals surface area contributed by atoms with Gasteiger partial charge in [-0.25, -0.2) is 0 Å². The molecule has 0 radical (unpaired) electrons. The third-order valence-electron chi connectivity index (χ3n) is 1.70. The van der Waals surface area contributed by atoms with E-state index in [2.05, 4.69) is 32.9 Å². The van der Waals surface area contributed by atoms with E-state index in [-0.39, 0.29) is 5.60 Å². The van der Waals surface area contributed by atoms with Crippen LogP contribution in [0.2, 0.25) is 0 Å². The number of hydrogen-bond acceptors (Lipinski definition) is 2. The molecule has 0 aromatic rings. The molecule has 0 aromatic carbocycles. The van der Waals surface area contributed by atoms with Gasteiger partial charge in [-0.3, -0.25) is 0 Å². The summed E-state index contributed by atoms with van der Waals surface area (Å²) in [6.45, 7) is 8.55. The van der Waals surface area contributed by atoms with Gasteiger partial charge in [0.05, 0.1) is 5.71 Å². The lowest BCUT2D eigenvalue weighted by Gasteiger charge is -2.13. The molecule has 0 spiro atoms. The second kappa shape index (κ2) is 2.84. The van der Waals surface area contributed by atoms with Gasteiger partial charge >= 0.3 is 0 Å². The van der Waals surface area contributed by atoms with Crippen LogP contribution < -0.4 is 0 Å². The third-order valence-corrected chi connectivity index (χ3v) is 1.70. The molecule has 1 aliphatic rings. The first kappa shape index (κ1) is 8.57. The molecule has 0 bridgehead atoms. The Morgan fingerprint density at radius 2 is 2.18 bits per heavy atom. The molecule has 11 heavy (non-hydrogen) atoms. The van der Waals surface area contributed by atoms with Crippen molar-refractivity contribution < 1.29 is 4.84 Å². The molecule has 0 unspecified atom stereocenters. The van der Waals surface area contributed by atoms with Crippen molar-refractivity contribution in [3.05, 3.63) is 0 Å². The lowest BCUT2D eigenvalue weighted by atomic mass is 9.97. The van der Waals surface area contributed by atoms with Crippen LogP contribution in [0.3, 0.4) is 0 Å². The average molecular weight is 155 g/mol. The highest BCUT2D eigenvalue weighted by atomic mass is 16.7. The van der Waals surface area contributed by atoms with Crippen LogP contribution in [0, 0.1) is 5.92 Å².